The number of anilines is 1. The lowest BCUT2D eigenvalue weighted by molar-refractivity contribution is 0.220. The summed E-state index contributed by atoms with van der Waals surface area (Å²) in [5.74, 6) is -1.57. The van der Waals surface area contributed by atoms with Gasteiger partial charge in [-0.2, -0.15) is 5.26 Å². The van der Waals surface area contributed by atoms with Crippen LogP contribution >= 0.6 is 0 Å². The maximum atomic E-state index is 13.6. The second-order valence-electron chi connectivity index (χ2n) is 4.92. The highest BCUT2D eigenvalue weighted by atomic mass is 19.1. The van der Waals surface area contributed by atoms with Gasteiger partial charge < -0.3 is 10.4 Å². The largest absolute Gasteiger partial charge is 0.396 e. The van der Waals surface area contributed by atoms with Gasteiger partial charge in [-0.15, -0.1) is 0 Å². The average molecular weight is 254 g/mol. The van der Waals surface area contributed by atoms with Crippen LogP contribution in [-0.2, 0) is 0 Å². The van der Waals surface area contributed by atoms with E-state index in [2.05, 4.69) is 5.32 Å². The van der Waals surface area contributed by atoms with Gasteiger partial charge in [0.2, 0.25) is 0 Å². The number of nitrogens with zero attached hydrogens (tertiary/aromatic N) is 1. The lowest BCUT2D eigenvalue weighted by Crippen LogP contribution is -2.25. The third kappa shape index (κ3) is 3.67. The number of hydrogen-bond donors (Lipinski definition) is 2. The Balaban J connectivity index is 2.83. The molecule has 0 fully saturated rings. The lowest BCUT2D eigenvalue weighted by Gasteiger charge is -2.24. The Bertz CT molecular complexity index is 444. The number of benzene rings is 1. The van der Waals surface area contributed by atoms with E-state index in [1.165, 1.54) is 0 Å². The number of aliphatic hydroxyl groups excluding tert-OH is 1. The molecule has 18 heavy (non-hydrogen) atoms. The molecule has 5 heteroatoms. The molecule has 1 rings (SSSR count). The minimum Gasteiger partial charge on any atom is -0.396 e. The average Bonchev–Trinajstić information content (AvgIpc) is 2.27. The molecule has 2 N–H and O–H groups in total. The van der Waals surface area contributed by atoms with Crippen LogP contribution in [0.1, 0.15) is 25.8 Å². The number of nitriles is 1. The second kappa shape index (κ2) is 5.78. The van der Waals surface area contributed by atoms with Crippen LogP contribution in [-0.4, -0.2) is 18.3 Å². The summed E-state index contributed by atoms with van der Waals surface area (Å²) in [6.07, 6.45) is 0.527. The molecular formula is C13H16F2N2O. The molecule has 0 spiro atoms. The van der Waals surface area contributed by atoms with E-state index in [1.54, 1.807) is 6.07 Å². The maximum absolute atomic E-state index is 13.6. The first-order valence-corrected chi connectivity index (χ1v) is 5.63. The highest BCUT2D eigenvalue weighted by molar-refractivity contribution is 5.50. The van der Waals surface area contributed by atoms with E-state index in [9.17, 15) is 8.78 Å². The molecule has 0 amide bonds. The van der Waals surface area contributed by atoms with Gasteiger partial charge in [0.25, 0.3) is 0 Å². The van der Waals surface area contributed by atoms with Crippen molar-refractivity contribution in [2.75, 3.05) is 18.5 Å². The van der Waals surface area contributed by atoms with Crippen LogP contribution in [0.2, 0.25) is 0 Å². The van der Waals surface area contributed by atoms with Gasteiger partial charge in [-0.1, -0.05) is 13.8 Å². The first-order chi connectivity index (χ1) is 8.39. The first kappa shape index (κ1) is 14.4. The molecule has 0 atom stereocenters. The van der Waals surface area contributed by atoms with E-state index in [0.29, 0.717) is 13.0 Å². The third-order valence-electron chi connectivity index (χ3n) is 2.70. The van der Waals surface area contributed by atoms with Crippen molar-refractivity contribution in [2.45, 2.75) is 20.3 Å². The minimum absolute atomic E-state index is 0.0208. The lowest BCUT2D eigenvalue weighted by atomic mass is 9.89. The molecule has 0 saturated carbocycles. The summed E-state index contributed by atoms with van der Waals surface area (Å²) in [4.78, 5) is 0. The Labute approximate surface area is 105 Å². The van der Waals surface area contributed by atoms with Crippen molar-refractivity contribution in [3.8, 4) is 6.07 Å². The van der Waals surface area contributed by atoms with Gasteiger partial charge in [-0.3, -0.25) is 0 Å². The Morgan fingerprint density at radius 2 is 1.89 bits per heavy atom. The summed E-state index contributed by atoms with van der Waals surface area (Å²) in [5, 5.41) is 20.1. The van der Waals surface area contributed by atoms with Crippen molar-refractivity contribution < 1.29 is 13.9 Å². The Morgan fingerprint density at radius 1 is 1.33 bits per heavy atom. The predicted octanol–water partition coefficient (Wildman–Crippen LogP) is 2.66. The van der Waals surface area contributed by atoms with E-state index < -0.39 is 11.6 Å². The van der Waals surface area contributed by atoms with Crippen LogP contribution in [0.5, 0.6) is 0 Å². The molecular weight excluding hydrogens is 238 g/mol. The molecule has 0 aromatic heterocycles. The SMILES string of the molecule is CC(C)(CCO)CNc1c(F)cc(C#N)cc1F. The molecule has 0 aliphatic rings. The maximum Gasteiger partial charge on any atom is 0.150 e. The molecule has 0 unspecified atom stereocenters. The van der Waals surface area contributed by atoms with Gasteiger partial charge in [-0.25, -0.2) is 8.78 Å². The molecule has 0 aliphatic heterocycles. The zero-order valence-corrected chi connectivity index (χ0v) is 10.4. The highest BCUT2D eigenvalue weighted by Gasteiger charge is 2.19. The van der Waals surface area contributed by atoms with Crippen LogP contribution in [0.4, 0.5) is 14.5 Å². The molecule has 98 valence electrons. The van der Waals surface area contributed by atoms with Crippen molar-refractivity contribution in [2.24, 2.45) is 5.41 Å². The minimum atomic E-state index is -0.786. The molecule has 0 aliphatic carbocycles. The van der Waals surface area contributed by atoms with Crippen molar-refractivity contribution >= 4 is 5.69 Å². The van der Waals surface area contributed by atoms with E-state index in [-0.39, 0.29) is 23.3 Å². The van der Waals surface area contributed by atoms with Crippen molar-refractivity contribution in [1.82, 2.24) is 0 Å². The molecule has 0 saturated heterocycles. The summed E-state index contributed by atoms with van der Waals surface area (Å²) in [6.45, 7) is 4.12. The molecule has 1 aromatic carbocycles. The van der Waals surface area contributed by atoms with Gasteiger partial charge in [0, 0.05) is 13.2 Å². The smallest absolute Gasteiger partial charge is 0.150 e. The fourth-order valence-corrected chi connectivity index (χ4v) is 1.53. The molecule has 0 heterocycles. The monoisotopic (exact) mass is 254 g/mol. The Morgan fingerprint density at radius 3 is 2.33 bits per heavy atom. The van der Waals surface area contributed by atoms with Gasteiger partial charge in [0.05, 0.1) is 11.6 Å². The van der Waals surface area contributed by atoms with Crippen LogP contribution in [0.15, 0.2) is 12.1 Å². The summed E-state index contributed by atoms with van der Waals surface area (Å²) in [7, 11) is 0. The normalized spacial score (nSPS) is 11.1. The van der Waals surface area contributed by atoms with E-state index >= 15 is 0 Å². The van der Waals surface area contributed by atoms with Crippen LogP contribution in [0.25, 0.3) is 0 Å². The van der Waals surface area contributed by atoms with E-state index in [1.807, 2.05) is 13.8 Å². The van der Waals surface area contributed by atoms with Gasteiger partial charge >= 0.3 is 0 Å². The zero-order valence-electron chi connectivity index (χ0n) is 10.4. The number of halogens is 2. The van der Waals surface area contributed by atoms with E-state index in [4.69, 9.17) is 10.4 Å². The van der Waals surface area contributed by atoms with Crippen molar-refractivity contribution in [3.05, 3.63) is 29.3 Å². The van der Waals surface area contributed by atoms with E-state index in [0.717, 1.165) is 12.1 Å². The Hall–Kier alpha value is -1.67. The molecule has 1 aromatic rings. The van der Waals surface area contributed by atoms with Crippen LogP contribution < -0.4 is 5.32 Å². The number of aliphatic hydroxyl groups is 1. The fourth-order valence-electron chi connectivity index (χ4n) is 1.53. The summed E-state index contributed by atoms with van der Waals surface area (Å²) in [6, 6.07) is 3.67. The zero-order chi connectivity index (χ0) is 13.8. The van der Waals surface area contributed by atoms with Crippen molar-refractivity contribution in [3.63, 3.8) is 0 Å². The molecule has 0 radical (unpaired) electrons. The topological polar surface area (TPSA) is 56.0 Å². The number of hydrogen-bond acceptors (Lipinski definition) is 3. The molecule has 3 nitrogen and oxygen atoms in total. The standard InChI is InChI=1S/C13H16F2N2O/c1-13(2,3-4-18)8-17-12-10(14)5-9(7-16)6-11(12)15/h5-6,17-18H,3-4,8H2,1-2H3. The summed E-state index contributed by atoms with van der Waals surface area (Å²) >= 11 is 0. The van der Waals surface area contributed by atoms with Crippen LogP contribution in [0.3, 0.4) is 0 Å². The quantitative estimate of drug-likeness (QED) is 0.849. The summed E-state index contributed by atoms with van der Waals surface area (Å²) < 4.78 is 27.1. The number of rotatable bonds is 5. The van der Waals surface area contributed by atoms with Crippen LogP contribution in [0, 0.1) is 28.4 Å². The van der Waals surface area contributed by atoms with Gasteiger partial charge in [0.1, 0.15) is 5.69 Å². The van der Waals surface area contributed by atoms with Gasteiger partial charge in [0.15, 0.2) is 11.6 Å². The Kier molecular flexibility index (Phi) is 4.62. The highest BCUT2D eigenvalue weighted by Crippen LogP contribution is 2.24. The predicted molar refractivity (Wildman–Crippen MR) is 65.0 cm³/mol. The fraction of sp³-hybridized carbons (Fsp3) is 0.462. The van der Waals surface area contributed by atoms with Crippen molar-refractivity contribution in [1.29, 1.82) is 5.26 Å². The third-order valence-corrected chi connectivity index (χ3v) is 2.70. The van der Waals surface area contributed by atoms with Gasteiger partial charge in [-0.05, 0) is 24.0 Å². The second-order valence-corrected chi connectivity index (χ2v) is 4.92. The number of nitrogens with one attached hydrogen (secondary N) is 1. The summed E-state index contributed by atoms with van der Waals surface area (Å²) in [5.41, 5.74) is -0.563. The first-order valence-electron chi connectivity index (χ1n) is 5.63. The molecule has 0 bridgehead atoms.